The van der Waals surface area contributed by atoms with Gasteiger partial charge in [-0.15, -0.1) is 0 Å². The molecule has 1 heterocycles. The van der Waals surface area contributed by atoms with Gasteiger partial charge in [-0.1, -0.05) is 39.0 Å². The Morgan fingerprint density at radius 1 is 1.33 bits per heavy atom. The first-order valence-corrected chi connectivity index (χ1v) is 8.99. The number of hydrogen-bond donors (Lipinski definition) is 1. The van der Waals surface area contributed by atoms with Gasteiger partial charge in [-0.2, -0.15) is 11.3 Å². The average molecular weight is 330 g/mol. The highest BCUT2D eigenvalue weighted by Gasteiger charge is 2.18. The molecule has 0 amide bonds. The molecule has 0 aliphatic heterocycles. The van der Waals surface area contributed by atoms with Gasteiger partial charge in [-0.05, 0) is 52.2 Å². The molecule has 1 aromatic rings. The van der Waals surface area contributed by atoms with Crippen molar-refractivity contribution in [2.24, 2.45) is 5.92 Å². The first-order valence-electron chi connectivity index (χ1n) is 7.26. The standard InChI is InChI=1S/C15H24BrNS/c1-2-17-15(13-10-18-11-14(13)16)9-8-12-6-4-3-5-7-12/h10-12,15,17H,2-9H2,1H3. The molecule has 0 aromatic carbocycles. The van der Waals surface area contributed by atoms with Crippen LogP contribution in [0.25, 0.3) is 0 Å². The highest BCUT2D eigenvalue weighted by molar-refractivity contribution is 9.10. The van der Waals surface area contributed by atoms with Crippen molar-refractivity contribution in [1.82, 2.24) is 5.32 Å². The Bertz CT molecular complexity index is 344. The number of thiophene rings is 1. The minimum Gasteiger partial charge on any atom is -0.310 e. The summed E-state index contributed by atoms with van der Waals surface area (Å²) in [5, 5.41) is 8.13. The Morgan fingerprint density at radius 2 is 2.11 bits per heavy atom. The van der Waals surface area contributed by atoms with Gasteiger partial charge >= 0.3 is 0 Å². The molecule has 1 fully saturated rings. The third kappa shape index (κ3) is 4.07. The molecule has 1 N–H and O–H groups in total. The minimum atomic E-state index is 0.539. The zero-order valence-electron chi connectivity index (χ0n) is 11.3. The second-order valence-corrected chi connectivity index (χ2v) is 6.96. The molecular formula is C15H24BrNS. The fourth-order valence-corrected chi connectivity index (χ4v) is 4.66. The lowest BCUT2D eigenvalue weighted by atomic mass is 9.84. The van der Waals surface area contributed by atoms with Crippen LogP contribution in [0, 0.1) is 5.92 Å². The van der Waals surface area contributed by atoms with Crippen molar-refractivity contribution < 1.29 is 0 Å². The van der Waals surface area contributed by atoms with Gasteiger partial charge in [-0.3, -0.25) is 0 Å². The number of hydrogen-bond acceptors (Lipinski definition) is 2. The van der Waals surface area contributed by atoms with Crippen molar-refractivity contribution in [1.29, 1.82) is 0 Å². The maximum Gasteiger partial charge on any atom is 0.0339 e. The van der Waals surface area contributed by atoms with Crippen LogP contribution >= 0.6 is 27.3 Å². The normalized spacial score (nSPS) is 19.0. The van der Waals surface area contributed by atoms with Crippen LogP contribution in [0.4, 0.5) is 0 Å². The van der Waals surface area contributed by atoms with Gasteiger partial charge in [0.05, 0.1) is 0 Å². The van der Waals surface area contributed by atoms with Crippen LogP contribution in [-0.4, -0.2) is 6.54 Å². The van der Waals surface area contributed by atoms with Crippen LogP contribution in [0.1, 0.15) is 63.5 Å². The first kappa shape index (κ1) is 14.5. The Balaban J connectivity index is 1.88. The second kappa shape index (κ2) is 7.66. The van der Waals surface area contributed by atoms with Gasteiger partial charge in [0.2, 0.25) is 0 Å². The molecule has 0 bridgehead atoms. The van der Waals surface area contributed by atoms with E-state index in [1.54, 1.807) is 11.3 Å². The first-order chi connectivity index (χ1) is 8.81. The van der Waals surface area contributed by atoms with Gasteiger partial charge in [-0.25, -0.2) is 0 Å². The summed E-state index contributed by atoms with van der Waals surface area (Å²) < 4.78 is 1.28. The van der Waals surface area contributed by atoms with Crippen molar-refractivity contribution in [3.8, 4) is 0 Å². The summed E-state index contributed by atoms with van der Waals surface area (Å²) >= 11 is 5.47. The smallest absolute Gasteiger partial charge is 0.0339 e. The lowest BCUT2D eigenvalue weighted by molar-refractivity contribution is 0.315. The van der Waals surface area contributed by atoms with Crippen LogP contribution in [0.5, 0.6) is 0 Å². The van der Waals surface area contributed by atoms with E-state index in [0.717, 1.165) is 12.5 Å². The van der Waals surface area contributed by atoms with Gasteiger partial charge in [0.25, 0.3) is 0 Å². The van der Waals surface area contributed by atoms with Crippen LogP contribution in [0.2, 0.25) is 0 Å². The Morgan fingerprint density at radius 3 is 2.72 bits per heavy atom. The summed E-state index contributed by atoms with van der Waals surface area (Å²) in [5.74, 6) is 0.984. The summed E-state index contributed by atoms with van der Waals surface area (Å²) in [6.45, 7) is 3.26. The topological polar surface area (TPSA) is 12.0 Å². The molecule has 18 heavy (non-hydrogen) atoms. The van der Waals surface area contributed by atoms with E-state index in [4.69, 9.17) is 0 Å². The highest BCUT2D eigenvalue weighted by Crippen LogP contribution is 2.33. The third-order valence-corrected chi connectivity index (χ3v) is 5.81. The minimum absolute atomic E-state index is 0.539. The lowest BCUT2D eigenvalue weighted by Gasteiger charge is -2.24. The van der Waals surface area contributed by atoms with Gasteiger partial charge in [0.15, 0.2) is 0 Å². The van der Waals surface area contributed by atoms with E-state index in [0.29, 0.717) is 6.04 Å². The molecule has 2 rings (SSSR count). The molecule has 1 aliphatic rings. The molecule has 1 aliphatic carbocycles. The largest absolute Gasteiger partial charge is 0.310 e. The van der Waals surface area contributed by atoms with Gasteiger partial charge in [0.1, 0.15) is 0 Å². The molecule has 1 atom stereocenters. The zero-order valence-corrected chi connectivity index (χ0v) is 13.7. The van der Waals surface area contributed by atoms with E-state index < -0.39 is 0 Å². The monoisotopic (exact) mass is 329 g/mol. The van der Waals surface area contributed by atoms with Crippen molar-refractivity contribution in [2.75, 3.05) is 6.54 Å². The number of nitrogens with one attached hydrogen (secondary N) is 1. The summed E-state index contributed by atoms with van der Waals surface area (Å²) in [6.07, 6.45) is 9.97. The van der Waals surface area contributed by atoms with Crippen LogP contribution in [0.3, 0.4) is 0 Å². The maximum atomic E-state index is 3.67. The van der Waals surface area contributed by atoms with Gasteiger partial charge < -0.3 is 5.32 Å². The molecule has 0 radical (unpaired) electrons. The van der Waals surface area contributed by atoms with Crippen LogP contribution in [-0.2, 0) is 0 Å². The molecule has 1 nitrogen and oxygen atoms in total. The summed E-state index contributed by atoms with van der Waals surface area (Å²) in [4.78, 5) is 0. The second-order valence-electron chi connectivity index (χ2n) is 5.37. The van der Waals surface area contributed by atoms with Crippen molar-refractivity contribution in [3.63, 3.8) is 0 Å². The zero-order chi connectivity index (χ0) is 12.8. The van der Waals surface area contributed by atoms with E-state index in [9.17, 15) is 0 Å². The fourth-order valence-electron chi connectivity index (χ4n) is 3.03. The van der Waals surface area contributed by atoms with E-state index >= 15 is 0 Å². The van der Waals surface area contributed by atoms with E-state index in [1.807, 2.05) is 0 Å². The molecule has 102 valence electrons. The van der Waals surface area contributed by atoms with Gasteiger partial charge in [0, 0.05) is 15.9 Å². The van der Waals surface area contributed by atoms with E-state index in [2.05, 4.69) is 38.9 Å². The van der Waals surface area contributed by atoms with Crippen LogP contribution in [0.15, 0.2) is 15.2 Å². The number of rotatable bonds is 6. The molecule has 0 saturated heterocycles. The summed E-state index contributed by atoms with van der Waals surface area (Å²) in [5.41, 5.74) is 1.46. The van der Waals surface area contributed by atoms with Crippen LogP contribution < -0.4 is 5.32 Å². The van der Waals surface area contributed by atoms with E-state index in [-0.39, 0.29) is 0 Å². The Labute approximate surface area is 123 Å². The SMILES string of the molecule is CCNC(CCC1CCCCC1)c1cscc1Br. The summed E-state index contributed by atoms with van der Waals surface area (Å²) in [6, 6.07) is 0.539. The molecule has 0 spiro atoms. The van der Waals surface area contributed by atoms with Crippen molar-refractivity contribution >= 4 is 27.3 Å². The average Bonchev–Trinajstić information content (AvgIpc) is 2.82. The predicted octanol–water partition coefficient (Wildman–Crippen LogP) is 5.52. The quantitative estimate of drug-likeness (QED) is 0.724. The highest BCUT2D eigenvalue weighted by atomic mass is 79.9. The van der Waals surface area contributed by atoms with Crippen molar-refractivity contribution in [2.45, 2.75) is 57.9 Å². The Hall–Kier alpha value is 0.140. The number of halogens is 1. The maximum absolute atomic E-state index is 3.67. The molecule has 1 unspecified atom stereocenters. The third-order valence-electron chi connectivity index (χ3n) is 4.06. The molecule has 1 saturated carbocycles. The van der Waals surface area contributed by atoms with Crippen molar-refractivity contribution in [3.05, 3.63) is 20.8 Å². The Kier molecular flexibility index (Phi) is 6.19. The molecule has 3 heteroatoms. The fraction of sp³-hybridized carbons (Fsp3) is 0.733. The van der Waals surface area contributed by atoms with E-state index in [1.165, 1.54) is 55.0 Å². The lowest BCUT2D eigenvalue weighted by Crippen LogP contribution is -2.22. The summed E-state index contributed by atoms with van der Waals surface area (Å²) in [7, 11) is 0. The molecular weight excluding hydrogens is 306 g/mol. The molecule has 1 aromatic heterocycles. The predicted molar refractivity (Wildman–Crippen MR) is 84.2 cm³/mol.